The Morgan fingerprint density at radius 2 is 2.28 bits per heavy atom. The van der Waals surface area contributed by atoms with Crippen LogP contribution in [0.3, 0.4) is 0 Å². The first-order valence-corrected chi connectivity index (χ1v) is 6.88. The van der Waals surface area contributed by atoms with Gasteiger partial charge in [0.2, 0.25) is 0 Å². The molecule has 0 aliphatic carbocycles. The molecule has 2 unspecified atom stereocenters. The van der Waals surface area contributed by atoms with E-state index in [0.29, 0.717) is 12.5 Å². The van der Waals surface area contributed by atoms with Crippen LogP contribution in [0.25, 0.3) is 0 Å². The van der Waals surface area contributed by atoms with Crippen LogP contribution in [-0.4, -0.2) is 31.8 Å². The van der Waals surface area contributed by atoms with Crippen molar-refractivity contribution in [3.8, 4) is 0 Å². The quantitative estimate of drug-likeness (QED) is 0.865. The summed E-state index contributed by atoms with van der Waals surface area (Å²) in [5.41, 5.74) is 8.92. The van der Waals surface area contributed by atoms with Crippen molar-refractivity contribution in [3.63, 3.8) is 0 Å². The molecule has 18 heavy (non-hydrogen) atoms. The maximum atomic E-state index is 6.08. The zero-order valence-corrected chi connectivity index (χ0v) is 11.1. The number of nitrogens with zero attached hydrogens (tertiary/aromatic N) is 1. The fraction of sp³-hybridized carbons (Fsp3) is 0.600. The van der Waals surface area contributed by atoms with Crippen LogP contribution in [0, 0.1) is 5.92 Å². The molecule has 3 heteroatoms. The van der Waals surface area contributed by atoms with Gasteiger partial charge in [0.05, 0.1) is 12.1 Å². The minimum Gasteiger partial charge on any atom is -0.379 e. The minimum atomic E-state index is 0.0186. The number of para-hydroxylation sites is 1. The fourth-order valence-electron chi connectivity index (χ4n) is 3.33. The summed E-state index contributed by atoms with van der Waals surface area (Å²) < 4.78 is 5.63. The molecule has 0 radical (unpaired) electrons. The first-order chi connectivity index (χ1) is 8.75. The zero-order chi connectivity index (χ0) is 12.6. The highest BCUT2D eigenvalue weighted by Crippen LogP contribution is 2.37. The van der Waals surface area contributed by atoms with E-state index in [9.17, 15) is 0 Å². The van der Waals surface area contributed by atoms with E-state index >= 15 is 0 Å². The Hall–Kier alpha value is -1.06. The second kappa shape index (κ2) is 4.56. The molecule has 0 amide bonds. The average Bonchev–Trinajstić information content (AvgIpc) is 2.87. The highest BCUT2D eigenvalue weighted by atomic mass is 16.5. The largest absolute Gasteiger partial charge is 0.379 e. The van der Waals surface area contributed by atoms with Crippen molar-refractivity contribution in [2.24, 2.45) is 11.7 Å². The molecule has 0 aromatic heterocycles. The molecule has 0 saturated carbocycles. The number of hydrogen-bond acceptors (Lipinski definition) is 3. The minimum absolute atomic E-state index is 0.0186. The molecule has 1 aromatic carbocycles. The van der Waals surface area contributed by atoms with Crippen molar-refractivity contribution in [2.75, 3.05) is 31.2 Å². The van der Waals surface area contributed by atoms with E-state index in [1.165, 1.54) is 17.7 Å². The lowest BCUT2D eigenvalue weighted by atomic mass is 9.87. The Bertz CT molecular complexity index is 426. The van der Waals surface area contributed by atoms with Crippen LogP contribution >= 0.6 is 0 Å². The summed E-state index contributed by atoms with van der Waals surface area (Å²) in [6, 6.07) is 8.74. The van der Waals surface area contributed by atoms with Crippen LogP contribution < -0.4 is 10.6 Å². The molecule has 2 atom stereocenters. The second-order valence-corrected chi connectivity index (χ2v) is 5.78. The number of benzene rings is 1. The molecule has 98 valence electrons. The van der Waals surface area contributed by atoms with Gasteiger partial charge in [-0.1, -0.05) is 25.1 Å². The van der Waals surface area contributed by atoms with E-state index in [4.69, 9.17) is 10.5 Å². The molecule has 1 aromatic rings. The lowest BCUT2D eigenvalue weighted by Crippen LogP contribution is -2.57. The van der Waals surface area contributed by atoms with Gasteiger partial charge in [-0.2, -0.15) is 0 Å². The van der Waals surface area contributed by atoms with Gasteiger partial charge in [0.15, 0.2) is 0 Å². The van der Waals surface area contributed by atoms with Crippen molar-refractivity contribution in [1.29, 1.82) is 0 Å². The molecular weight excluding hydrogens is 224 g/mol. The van der Waals surface area contributed by atoms with Crippen molar-refractivity contribution >= 4 is 5.69 Å². The molecule has 2 N–H and O–H groups in total. The summed E-state index contributed by atoms with van der Waals surface area (Å²) in [6.45, 7) is 5.70. The second-order valence-electron chi connectivity index (χ2n) is 5.78. The number of rotatable bonds is 2. The van der Waals surface area contributed by atoms with E-state index in [0.717, 1.165) is 26.2 Å². The third-order valence-corrected chi connectivity index (χ3v) is 4.38. The van der Waals surface area contributed by atoms with Crippen molar-refractivity contribution < 1.29 is 4.74 Å². The Morgan fingerprint density at radius 1 is 1.44 bits per heavy atom. The molecular formula is C15H22N2O. The molecule has 1 saturated heterocycles. The highest BCUT2D eigenvalue weighted by molar-refractivity contribution is 5.58. The predicted octanol–water partition coefficient (Wildman–Crippen LogP) is 1.80. The summed E-state index contributed by atoms with van der Waals surface area (Å²) in [5, 5.41) is 0. The molecule has 1 fully saturated rings. The van der Waals surface area contributed by atoms with Gasteiger partial charge in [0.1, 0.15) is 0 Å². The summed E-state index contributed by atoms with van der Waals surface area (Å²) in [5.74, 6) is 0.684. The van der Waals surface area contributed by atoms with Gasteiger partial charge in [0, 0.05) is 25.4 Å². The average molecular weight is 246 g/mol. The number of anilines is 1. The Labute approximate surface area is 109 Å². The maximum Gasteiger partial charge on any atom is 0.0778 e. The molecule has 0 spiro atoms. The Kier molecular flexibility index (Phi) is 3.04. The van der Waals surface area contributed by atoms with E-state index in [-0.39, 0.29) is 5.54 Å². The number of hydrogen-bond donors (Lipinski definition) is 1. The topological polar surface area (TPSA) is 38.5 Å². The summed E-state index contributed by atoms with van der Waals surface area (Å²) in [7, 11) is 0. The third-order valence-electron chi connectivity index (χ3n) is 4.38. The maximum absolute atomic E-state index is 6.08. The van der Waals surface area contributed by atoms with Crippen LogP contribution in [0.4, 0.5) is 5.69 Å². The van der Waals surface area contributed by atoms with E-state index in [1.807, 2.05) is 0 Å². The molecule has 2 aliphatic heterocycles. The predicted molar refractivity (Wildman–Crippen MR) is 73.9 cm³/mol. The zero-order valence-electron chi connectivity index (χ0n) is 11.1. The number of fused-ring (bicyclic) bond motifs is 1. The summed E-state index contributed by atoms with van der Waals surface area (Å²) in [6.07, 6.45) is 2.22. The highest BCUT2D eigenvalue weighted by Gasteiger charge is 2.42. The molecule has 2 aliphatic rings. The van der Waals surface area contributed by atoms with Crippen LogP contribution in [0.5, 0.6) is 0 Å². The molecule has 0 bridgehead atoms. The smallest absolute Gasteiger partial charge is 0.0778 e. The number of nitrogens with two attached hydrogens (primary N) is 1. The van der Waals surface area contributed by atoms with Crippen molar-refractivity contribution in [3.05, 3.63) is 29.8 Å². The van der Waals surface area contributed by atoms with Gasteiger partial charge in [-0.15, -0.1) is 0 Å². The van der Waals surface area contributed by atoms with Crippen molar-refractivity contribution in [1.82, 2.24) is 0 Å². The standard InChI is InChI=1S/C15H22N2O/c1-12-8-13-4-2-3-5-14(13)17(9-12)15(10-16)6-7-18-11-15/h2-5,12H,6-11,16H2,1H3. The fourth-order valence-corrected chi connectivity index (χ4v) is 3.33. The van der Waals surface area contributed by atoms with Gasteiger partial charge in [-0.05, 0) is 30.4 Å². The first-order valence-electron chi connectivity index (χ1n) is 6.88. The lowest BCUT2D eigenvalue weighted by molar-refractivity contribution is 0.175. The van der Waals surface area contributed by atoms with Crippen LogP contribution in [0.2, 0.25) is 0 Å². The van der Waals surface area contributed by atoms with Crippen LogP contribution in [0.1, 0.15) is 18.9 Å². The normalized spacial score (nSPS) is 31.4. The molecule has 3 rings (SSSR count). The molecule has 3 nitrogen and oxygen atoms in total. The lowest BCUT2D eigenvalue weighted by Gasteiger charge is -2.46. The first kappa shape index (κ1) is 12.0. The van der Waals surface area contributed by atoms with E-state index < -0.39 is 0 Å². The monoisotopic (exact) mass is 246 g/mol. The van der Waals surface area contributed by atoms with Gasteiger partial charge < -0.3 is 15.4 Å². The Balaban J connectivity index is 2.01. The van der Waals surface area contributed by atoms with Crippen LogP contribution in [0.15, 0.2) is 24.3 Å². The van der Waals surface area contributed by atoms with Crippen molar-refractivity contribution in [2.45, 2.75) is 25.3 Å². The van der Waals surface area contributed by atoms with E-state index in [1.54, 1.807) is 0 Å². The molecule has 2 heterocycles. The van der Waals surface area contributed by atoms with Gasteiger partial charge in [-0.25, -0.2) is 0 Å². The van der Waals surface area contributed by atoms with E-state index in [2.05, 4.69) is 36.1 Å². The van der Waals surface area contributed by atoms with Gasteiger partial charge >= 0.3 is 0 Å². The van der Waals surface area contributed by atoms with Gasteiger partial charge in [0.25, 0.3) is 0 Å². The number of ether oxygens (including phenoxy) is 1. The Morgan fingerprint density at radius 3 is 3.00 bits per heavy atom. The van der Waals surface area contributed by atoms with Crippen LogP contribution in [-0.2, 0) is 11.2 Å². The summed E-state index contributed by atoms with van der Waals surface area (Å²) >= 11 is 0. The summed E-state index contributed by atoms with van der Waals surface area (Å²) in [4.78, 5) is 2.52. The third kappa shape index (κ3) is 1.82. The SMILES string of the molecule is CC1Cc2ccccc2N(C2(CN)CCOC2)C1. The van der Waals surface area contributed by atoms with Gasteiger partial charge in [-0.3, -0.25) is 0 Å².